The quantitative estimate of drug-likeness (QED) is 0.704. The Bertz CT molecular complexity index is 214. The lowest BCUT2D eigenvalue weighted by atomic mass is 10.0. The summed E-state index contributed by atoms with van der Waals surface area (Å²) in [6.07, 6.45) is 0. The molecule has 0 radical (unpaired) electrons. The molecule has 0 rings (SSSR count). The second-order valence-electron chi connectivity index (χ2n) is 5.39. The molecule has 1 unspecified atom stereocenters. The summed E-state index contributed by atoms with van der Waals surface area (Å²) < 4.78 is 0. The molecule has 96 valence electrons. The molecular weight excluding hydrogens is 202 g/mol. The van der Waals surface area contributed by atoms with Gasteiger partial charge >= 0.3 is 0 Å². The number of hydrogen-bond acceptors (Lipinski definition) is 3. The first-order valence-electron chi connectivity index (χ1n) is 5.96. The molecule has 4 heteroatoms. The zero-order chi connectivity index (χ0) is 12.9. The summed E-state index contributed by atoms with van der Waals surface area (Å²) >= 11 is 0. The van der Waals surface area contributed by atoms with Crippen molar-refractivity contribution >= 4 is 5.91 Å². The van der Waals surface area contributed by atoms with Gasteiger partial charge in [-0.05, 0) is 25.9 Å². The van der Waals surface area contributed by atoms with Gasteiger partial charge in [-0.3, -0.25) is 4.79 Å². The molecule has 0 aliphatic rings. The summed E-state index contributed by atoms with van der Waals surface area (Å²) in [6, 6.07) is -0.254. The Labute approximate surface area is 99.6 Å². The van der Waals surface area contributed by atoms with E-state index < -0.39 is 6.04 Å². The smallest absolute Gasteiger partial charge is 0.237 e. The minimum Gasteiger partial charge on any atom is -0.350 e. The number of hydrogen-bond donors (Lipinski definition) is 2. The van der Waals surface area contributed by atoms with Gasteiger partial charge < -0.3 is 16.0 Å². The van der Waals surface area contributed by atoms with Gasteiger partial charge in [0, 0.05) is 12.6 Å². The summed E-state index contributed by atoms with van der Waals surface area (Å²) in [5.41, 5.74) is 5.81. The fourth-order valence-electron chi connectivity index (χ4n) is 1.40. The SMILES string of the molecule is CC(C)C(CN(C)C)NC(=O)[C@@H](N)C(C)C. The maximum atomic E-state index is 11.8. The lowest BCUT2D eigenvalue weighted by Crippen LogP contribution is -2.52. The molecule has 0 bridgehead atoms. The van der Waals surface area contributed by atoms with E-state index in [1.54, 1.807) is 0 Å². The molecule has 16 heavy (non-hydrogen) atoms. The maximum Gasteiger partial charge on any atom is 0.237 e. The molecule has 0 aromatic carbocycles. The Hall–Kier alpha value is -0.610. The van der Waals surface area contributed by atoms with Gasteiger partial charge in [-0.25, -0.2) is 0 Å². The van der Waals surface area contributed by atoms with Crippen molar-refractivity contribution in [1.82, 2.24) is 10.2 Å². The Morgan fingerprint density at radius 2 is 1.69 bits per heavy atom. The van der Waals surface area contributed by atoms with Gasteiger partial charge in [-0.15, -0.1) is 0 Å². The largest absolute Gasteiger partial charge is 0.350 e. The number of nitrogens with zero attached hydrogens (tertiary/aromatic N) is 1. The predicted molar refractivity (Wildman–Crippen MR) is 68.1 cm³/mol. The zero-order valence-electron chi connectivity index (χ0n) is 11.4. The van der Waals surface area contributed by atoms with Crippen LogP contribution >= 0.6 is 0 Å². The van der Waals surface area contributed by atoms with Crippen LogP contribution in [0.4, 0.5) is 0 Å². The lowest BCUT2D eigenvalue weighted by molar-refractivity contribution is -0.124. The standard InChI is InChI=1S/C12H27N3O/c1-8(2)10(7-15(5)6)14-12(16)11(13)9(3)4/h8-11H,7,13H2,1-6H3,(H,14,16)/t10?,11-/m0/s1. The van der Waals surface area contributed by atoms with Crippen LogP contribution in [-0.2, 0) is 4.79 Å². The van der Waals surface area contributed by atoms with Crippen molar-refractivity contribution in [2.75, 3.05) is 20.6 Å². The van der Waals surface area contributed by atoms with Gasteiger partial charge in [0.1, 0.15) is 0 Å². The number of rotatable bonds is 6. The highest BCUT2D eigenvalue weighted by Crippen LogP contribution is 2.05. The average molecular weight is 229 g/mol. The van der Waals surface area contributed by atoms with Gasteiger partial charge in [-0.2, -0.15) is 0 Å². The first-order valence-corrected chi connectivity index (χ1v) is 5.96. The molecule has 0 aromatic rings. The van der Waals surface area contributed by atoms with Crippen LogP contribution in [0.3, 0.4) is 0 Å². The van der Waals surface area contributed by atoms with Gasteiger partial charge in [0.25, 0.3) is 0 Å². The van der Waals surface area contributed by atoms with Crippen LogP contribution in [0, 0.1) is 11.8 Å². The number of likely N-dealkylation sites (N-methyl/N-ethyl adjacent to an activating group) is 1. The zero-order valence-corrected chi connectivity index (χ0v) is 11.4. The van der Waals surface area contributed by atoms with Crippen molar-refractivity contribution in [1.29, 1.82) is 0 Å². The van der Waals surface area contributed by atoms with Crippen molar-refractivity contribution in [2.24, 2.45) is 17.6 Å². The summed E-state index contributed by atoms with van der Waals surface area (Å²) in [5, 5.41) is 3.02. The second-order valence-corrected chi connectivity index (χ2v) is 5.39. The van der Waals surface area contributed by atoms with E-state index in [0.29, 0.717) is 5.92 Å². The molecule has 3 N–H and O–H groups in total. The van der Waals surface area contributed by atoms with Crippen molar-refractivity contribution < 1.29 is 4.79 Å². The van der Waals surface area contributed by atoms with Crippen LogP contribution in [0.15, 0.2) is 0 Å². The van der Waals surface area contributed by atoms with Crippen LogP contribution in [0.1, 0.15) is 27.7 Å². The second kappa shape index (κ2) is 6.86. The molecule has 0 aliphatic heterocycles. The van der Waals surface area contributed by atoms with E-state index in [1.165, 1.54) is 0 Å². The highest BCUT2D eigenvalue weighted by atomic mass is 16.2. The van der Waals surface area contributed by atoms with Crippen molar-refractivity contribution in [2.45, 2.75) is 39.8 Å². The maximum absolute atomic E-state index is 11.8. The number of carbonyl (C=O) groups is 1. The minimum absolute atomic E-state index is 0.0458. The molecule has 0 aromatic heterocycles. The first-order chi connectivity index (χ1) is 7.25. The molecule has 0 saturated carbocycles. The first kappa shape index (κ1) is 15.4. The van der Waals surface area contributed by atoms with Crippen LogP contribution in [0.5, 0.6) is 0 Å². The highest BCUT2D eigenvalue weighted by Gasteiger charge is 2.22. The van der Waals surface area contributed by atoms with Crippen molar-refractivity contribution in [3.8, 4) is 0 Å². The van der Waals surface area contributed by atoms with E-state index in [1.807, 2.05) is 27.9 Å². The van der Waals surface area contributed by atoms with Gasteiger partial charge in [0.05, 0.1) is 6.04 Å². The lowest BCUT2D eigenvalue weighted by Gasteiger charge is -2.27. The molecule has 0 heterocycles. The molecule has 0 aliphatic carbocycles. The van der Waals surface area contributed by atoms with Gasteiger partial charge in [0.2, 0.25) is 5.91 Å². The Morgan fingerprint density at radius 1 is 1.19 bits per heavy atom. The number of amides is 1. The third kappa shape index (κ3) is 5.47. The normalized spacial score (nSPS) is 15.6. The van der Waals surface area contributed by atoms with E-state index in [4.69, 9.17) is 5.73 Å². The van der Waals surface area contributed by atoms with Crippen molar-refractivity contribution in [3.05, 3.63) is 0 Å². The molecule has 0 fully saturated rings. The number of nitrogens with two attached hydrogens (primary N) is 1. The van der Waals surface area contributed by atoms with Gasteiger partial charge in [-0.1, -0.05) is 27.7 Å². The third-order valence-corrected chi connectivity index (χ3v) is 2.72. The molecule has 4 nitrogen and oxygen atoms in total. The Balaban J connectivity index is 4.34. The van der Waals surface area contributed by atoms with Crippen LogP contribution in [0.25, 0.3) is 0 Å². The molecule has 1 amide bonds. The fraction of sp³-hybridized carbons (Fsp3) is 0.917. The van der Waals surface area contributed by atoms with E-state index in [2.05, 4.69) is 24.1 Å². The van der Waals surface area contributed by atoms with Crippen LogP contribution in [-0.4, -0.2) is 43.5 Å². The van der Waals surface area contributed by atoms with E-state index >= 15 is 0 Å². The monoisotopic (exact) mass is 229 g/mol. The molecule has 0 saturated heterocycles. The van der Waals surface area contributed by atoms with Crippen LogP contribution in [0.2, 0.25) is 0 Å². The Morgan fingerprint density at radius 3 is 2.00 bits per heavy atom. The summed E-state index contributed by atoms with van der Waals surface area (Å²) in [4.78, 5) is 13.9. The molecular formula is C12H27N3O. The predicted octanol–water partition coefficient (Wildman–Crippen LogP) is 0.672. The molecule has 2 atom stereocenters. The summed E-state index contributed by atoms with van der Waals surface area (Å²) in [5.74, 6) is 0.536. The number of nitrogens with one attached hydrogen (secondary N) is 1. The highest BCUT2D eigenvalue weighted by molar-refractivity contribution is 5.82. The van der Waals surface area contributed by atoms with E-state index in [9.17, 15) is 4.79 Å². The fourth-order valence-corrected chi connectivity index (χ4v) is 1.40. The average Bonchev–Trinajstić information content (AvgIpc) is 2.14. The van der Waals surface area contributed by atoms with Crippen molar-refractivity contribution in [3.63, 3.8) is 0 Å². The Kier molecular flexibility index (Phi) is 6.60. The minimum atomic E-state index is -0.414. The van der Waals surface area contributed by atoms with Gasteiger partial charge in [0.15, 0.2) is 0 Å². The topological polar surface area (TPSA) is 58.4 Å². The summed E-state index contributed by atoms with van der Waals surface area (Å²) in [6.45, 7) is 8.97. The number of carbonyl (C=O) groups excluding carboxylic acids is 1. The summed E-state index contributed by atoms with van der Waals surface area (Å²) in [7, 11) is 4.01. The van der Waals surface area contributed by atoms with E-state index in [-0.39, 0.29) is 17.9 Å². The van der Waals surface area contributed by atoms with Crippen LogP contribution < -0.4 is 11.1 Å². The van der Waals surface area contributed by atoms with E-state index in [0.717, 1.165) is 6.54 Å². The third-order valence-electron chi connectivity index (χ3n) is 2.72. The molecule has 0 spiro atoms.